The SMILES string of the molecule is FC(F)(F)C(F)(F)[C](F)(F)[Mg][Br]. The molecule has 0 saturated carbocycles. The molecule has 0 aromatic carbocycles. The molecule has 0 fully saturated rings. The lowest BCUT2D eigenvalue weighted by Crippen LogP contribution is -2.53. The van der Waals surface area contributed by atoms with Gasteiger partial charge in [0.05, 0.1) is 0 Å². The average molecular weight is 273 g/mol. The fourth-order valence-corrected chi connectivity index (χ4v) is 1.72. The summed E-state index contributed by atoms with van der Waals surface area (Å²) < 4.78 is 76.5. The van der Waals surface area contributed by atoms with Crippen LogP contribution in [0, 0.1) is 0 Å². The second-order valence-corrected chi connectivity index (χ2v) is 4.75. The first-order valence-corrected chi connectivity index (χ1v) is 7.05. The Balaban J connectivity index is 4.85. The molecule has 0 unspecified atom stereocenters. The minimum Gasteiger partial charge on any atom is -0.294 e. The first-order valence-electron chi connectivity index (χ1n) is 2.44. The third kappa shape index (κ3) is 2.16. The van der Waals surface area contributed by atoms with E-state index in [0.29, 0.717) is 0 Å². The molecule has 0 radical (unpaired) electrons. The minimum atomic E-state index is -6.20. The van der Waals surface area contributed by atoms with Crippen molar-refractivity contribution in [2.24, 2.45) is 0 Å². The maximum atomic E-state index is 12.0. The van der Waals surface area contributed by atoms with Crippen molar-refractivity contribution in [2.75, 3.05) is 0 Å². The highest BCUT2D eigenvalue weighted by Gasteiger charge is 2.71. The smallest absolute Gasteiger partial charge is 0.294 e. The summed E-state index contributed by atoms with van der Waals surface area (Å²) in [6, 6.07) is 0. The molecule has 12 heavy (non-hydrogen) atoms. The lowest BCUT2D eigenvalue weighted by molar-refractivity contribution is -0.333. The fraction of sp³-hybridized carbons (Fsp3) is 1.00. The number of rotatable bonds is 2. The summed E-state index contributed by atoms with van der Waals surface area (Å²) in [6.07, 6.45) is -6.20. The van der Waals surface area contributed by atoms with Gasteiger partial charge in [-0.1, -0.05) is 0 Å². The Bertz CT molecular complexity index is 163. The Morgan fingerprint density at radius 3 is 1.25 bits per heavy atom. The molecule has 9 heteroatoms. The fourth-order valence-electron chi connectivity index (χ4n) is 0.291. The predicted octanol–water partition coefficient (Wildman–Crippen LogP) is 2.79. The van der Waals surface area contributed by atoms with Crippen LogP contribution in [0.4, 0.5) is 30.7 Å². The van der Waals surface area contributed by atoms with Crippen LogP contribution in [0.1, 0.15) is 0 Å². The third-order valence-electron chi connectivity index (χ3n) is 0.983. The molecule has 0 saturated heterocycles. The topological polar surface area (TPSA) is 0 Å². The molecule has 0 rings (SSSR count). The summed E-state index contributed by atoms with van der Waals surface area (Å²) in [6.45, 7) is 0. The molecule has 0 aromatic heterocycles. The molecular weight excluding hydrogens is 273 g/mol. The van der Waals surface area contributed by atoms with Crippen molar-refractivity contribution < 1.29 is 30.7 Å². The standard InChI is InChI=1S/C3F7.BrH.Mg/c4-1(5)2(6,7)3(8,9)10;;/h;1H;/q;;+1/p-1. The van der Waals surface area contributed by atoms with Crippen LogP contribution in [0.2, 0.25) is 0 Å². The molecule has 0 nitrogen and oxygen atoms in total. The molecule has 0 aliphatic carbocycles. The first kappa shape index (κ1) is 12.8. The average Bonchev–Trinajstić information content (AvgIpc) is 1.85. The monoisotopic (exact) mass is 272 g/mol. The maximum absolute atomic E-state index is 12.0. The summed E-state index contributed by atoms with van der Waals surface area (Å²) in [7, 11) is 0. The quantitative estimate of drug-likeness (QED) is 0.536. The van der Waals surface area contributed by atoms with E-state index in [1.54, 1.807) is 0 Å². The van der Waals surface area contributed by atoms with Crippen LogP contribution in [0.15, 0.2) is 0 Å². The van der Waals surface area contributed by atoms with E-state index < -0.39 is 34.3 Å². The zero-order valence-corrected chi connectivity index (χ0v) is 8.23. The van der Waals surface area contributed by atoms with Crippen molar-refractivity contribution in [3.8, 4) is 0 Å². The van der Waals surface area contributed by atoms with Gasteiger partial charge in [-0.05, 0) is 0 Å². The van der Waals surface area contributed by atoms with Crippen LogP contribution in [0.5, 0.6) is 0 Å². The van der Waals surface area contributed by atoms with Crippen LogP contribution in [-0.4, -0.2) is 34.3 Å². The molecule has 0 aliphatic rings. The number of hydrogen-bond acceptors (Lipinski definition) is 0. The summed E-state index contributed by atoms with van der Waals surface area (Å²) in [5, 5.41) is 0. The van der Waals surface area contributed by atoms with Gasteiger partial charge in [0.25, 0.3) is 0 Å². The lowest BCUT2D eigenvalue weighted by atomic mass is 10.3. The molecular formula is C3BrF7Mg. The van der Waals surface area contributed by atoms with Gasteiger partial charge in [-0.15, -0.1) is 0 Å². The van der Waals surface area contributed by atoms with Crippen LogP contribution < -0.4 is 0 Å². The van der Waals surface area contributed by atoms with Crippen LogP contribution in [-0.2, 0) is 0 Å². The van der Waals surface area contributed by atoms with Gasteiger partial charge in [-0.2, -0.15) is 22.0 Å². The molecule has 70 valence electrons. The minimum absolute atomic E-state index is 2.01. The highest BCUT2D eigenvalue weighted by atomic mass is 79.9. The summed E-state index contributed by atoms with van der Waals surface area (Å²) in [4.78, 5) is 0. The van der Waals surface area contributed by atoms with E-state index in [1.165, 1.54) is 0 Å². The highest BCUT2D eigenvalue weighted by Crippen LogP contribution is 2.46. The van der Waals surface area contributed by atoms with Gasteiger partial charge in [-0.25, -0.2) is 8.78 Å². The molecule has 0 bridgehead atoms. The summed E-state index contributed by atoms with van der Waals surface area (Å²) >= 11 is -0.925. The van der Waals surface area contributed by atoms with Gasteiger partial charge in [0.1, 0.15) is 0 Å². The van der Waals surface area contributed by atoms with Gasteiger partial charge >= 0.3 is 30.3 Å². The van der Waals surface area contributed by atoms with Gasteiger partial charge < -0.3 is 0 Å². The number of alkyl halides is 7. The van der Waals surface area contributed by atoms with Crippen LogP contribution in [0.3, 0.4) is 0 Å². The zero-order valence-electron chi connectivity index (χ0n) is 5.23. The molecule has 0 heterocycles. The molecule has 0 aliphatic heterocycles. The second kappa shape index (κ2) is 3.48. The maximum Gasteiger partial charge on any atom is 0.584 e. The molecule has 0 spiro atoms. The molecule has 0 atom stereocenters. The van der Waals surface area contributed by atoms with Gasteiger partial charge in [0.2, 0.25) is 4.05 Å². The van der Waals surface area contributed by atoms with E-state index in [-0.39, 0.29) is 0 Å². The highest BCUT2D eigenvalue weighted by molar-refractivity contribution is 9.23. The van der Waals surface area contributed by atoms with E-state index in [0.717, 1.165) is 0 Å². The van der Waals surface area contributed by atoms with E-state index >= 15 is 0 Å². The summed E-state index contributed by atoms with van der Waals surface area (Å²) in [5.74, 6) is -5.93. The van der Waals surface area contributed by atoms with E-state index in [4.69, 9.17) is 0 Å². The number of halogens is 8. The predicted molar refractivity (Wildman–Crippen MR) is 30.6 cm³/mol. The van der Waals surface area contributed by atoms with Crippen molar-refractivity contribution in [3.63, 3.8) is 0 Å². The Morgan fingerprint density at radius 1 is 0.833 bits per heavy atom. The van der Waals surface area contributed by atoms with Crippen LogP contribution in [0.25, 0.3) is 0 Å². The third-order valence-corrected chi connectivity index (χ3v) is 3.88. The lowest BCUT2D eigenvalue weighted by Gasteiger charge is -2.27. The van der Waals surface area contributed by atoms with Crippen LogP contribution >= 0.6 is 12.9 Å². The second-order valence-electron chi connectivity index (χ2n) is 1.91. The van der Waals surface area contributed by atoms with Crippen molar-refractivity contribution in [3.05, 3.63) is 0 Å². The Kier molecular flexibility index (Phi) is 3.70. The van der Waals surface area contributed by atoms with Gasteiger partial charge in [0.15, 0.2) is 0 Å². The van der Waals surface area contributed by atoms with Crippen molar-refractivity contribution in [1.82, 2.24) is 0 Å². The Hall–Kier alpha value is 0.756. The normalized spacial score (nSPS) is 14.3. The zero-order chi connectivity index (χ0) is 10.2. The number of hydrogen-bond donors (Lipinski definition) is 0. The molecule has 0 aromatic rings. The van der Waals surface area contributed by atoms with Crippen molar-refractivity contribution in [2.45, 2.75) is 16.2 Å². The largest absolute Gasteiger partial charge is 0.584 e. The van der Waals surface area contributed by atoms with Gasteiger partial charge in [0, 0.05) is 0 Å². The van der Waals surface area contributed by atoms with E-state index in [1.807, 2.05) is 12.9 Å². The Labute approximate surface area is 78.1 Å². The van der Waals surface area contributed by atoms with Gasteiger partial charge in [-0.3, -0.25) is 12.9 Å². The van der Waals surface area contributed by atoms with Crippen molar-refractivity contribution >= 4 is 31.1 Å². The summed E-state index contributed by atoms with van der Waals surface area (Å²) in [5.41, 5.74) is 0. The molecule has 0 N–H and O–H groups in total. The Morgan fingerprint density at radius 2 is 1.17 bits per heavy atom. The van der Waals surface area contributed by atoms with E-state index in [9.17, 15) is 30.7 Å². The first-order chi connectivity index (χ1) is 5.06. The van der Waals surface area contributed by atoms with E-state index in [2.05, 4.69) is 0 Å². The van der Waals surface area contributed by atoms with Crippen molar-refractivity contribution in [1.29, 1.82) is 0 Å². The molecule has 0 amide bonds.